The summed E-state index contributed by atoms with van der Waals surface area (Å²) in [6.45, 7) is 4.42. The van der Waals surface area contributed by atoms with Crippen LogP contribution in [0.25, 0.3) is 0 Å². The average Bonchev–Trinajstić information content (AvgIpc) is 3.19. The van der Waals surface area contributed by atoms with Crippen molar-refractivity contribution in [1.29, 1.82) is 0 Å². The fraction of sp³-hybridized carbons (Fsp3) is 0.444. The molecule has 0 spiro atoms. The first-order valence-corrected chi connectivity index (χ1v) is 8.82. The molecule has 7 nitrogen and oxygen atoms in total. The topological polar surface area (TPSA) is 83.0 Å². The molecule has 2 aromatic rings. The van der Waals surface area contributed by atoms with Crippen LogP contribution < -0.4 is 21.5 Å². The molecule has 4 rings (SSSR count). The van der Waals surface area contributed by atoms with Gasteiger partial charge < -0.3 is 10.6 Å². The van der Waals surface area contributed by atoms with Crippen LogP contribution in [0.1, 0.15) is 17.7 Å². The van der Waals surface area contributed by atoms with E-state index in [2.05, 4.69) is 38.7 Å². The molecule has 0 saturated carbocycles. The summed E-state index contributed by atoms with van der Waals surface area (Å²) in [6, 6.07) is 12.2. The number of aromatic nitrogens is 2. The van der Waals surface area contributed by atoms with Gasteiger partial charge in [0.05, 0.1) is 12.2 Å². The summed E-state index contributed by atoms with van der Waals surface area (Å²) in [5.74, 6) is 0.985. The number of anilines is 1. The fourth-order valence-corrected chi connectivity index (χ4v) is 3.70. The minimum Gasteiger partial charge on any atom is -0.316 e. The van der Waals surface area contributed by atoms with Crippen molar-refractivity contribution < 1.29 is 4.79 Å². The van der Waals surface area contributed by atoms with Gasteiger partial charge in [-0.15, -0.1) is 12.4 Å². The monoisotopic (exact) mass is 376 g/mol. The zero-order chi connectivity index (χ0) is 17.2. The van der Waals surface area contributed by atoms with Crippen LogP contribution in [-0.4, -0.2) is 40.9 Å². The van der Waals surface area contributed by atoms with Gasteiger partial charge in [0.15, 0.2) is 0 Å². The molecule has 4 N–H and O–H groups in total. The van der Waals surface area contributed by atoms with E-state index in [4.69, 9.17) is 0 Å². The molecular weight excluding hydrogens is 352 g/mol. The van der Waals surface area contributed by atoms with Crippen molar-refractivity contribution in [3.63, 3.8) is 0 Å². The zero-order valence-corrected chi connectivity index (χ0v) is 15.6. The largest absolute Gasteiger partial charge is 0.316 e. The van der Waals surface area contributed by atoms with Gasteiger partial charge in [-0.05, 0) is 25.5 Å². The lowest BCUT2D eigenvalue weighted by molar-refractivity contribution is -0.118. The minimum atomic E-state index is -0.238. The molecule has 3 unspecified atom stereocenters. The molecular formula is C18H25ClN6O. The Morgan fingerprint density at radius 3 is 2.92 bits per heavy atom. The number of hydrogen-bond donors (Lipinski definition) is 4. The van der Waals surface area contributed by atoms with Crippen LogP contribution in [0.3, 0.4) is 0 Å². The summed E-state index contributed by atoms with van der Waals surface area (Å²) < 4.78 is 1.85. The average molecular weight is 377 g/mol. The van der Waals surface area contributed by atoms with Crippen molar-refractivity contribution in [2.45, 2.75) is 32.0 Å². The molecule has 2 aliphatic rings. The summed E-state index contributed by atoms with van der Waals surface area (Å²) in [6.07, 6.45) is 1.03. The number of benzene rings is 1. The van der Waals surface area contributed by atoms with Crippen molar-refractivity contribution in [3.8, 4) is 0 Å². The van der Waals surface area contributed by atoms with Crippen LogP contribution in [0, 0.1) is 12.8 Å². The number of nitrogens with zero attached hydrogens (tertiary/aromatic N) is 2. The second kappa shape index (κ2) is 8.18. The summed E-state index contributed by atoms with van der Waals surface area (Å²) in [5.41, 5.74) is 8.47. The zero-order valence-electron chi connectivity index (χ0n) is 14.7. The minimum absolute atomic E-state index is 0. The van der Waals surface area contributed by atoms with Crippen molar-refractivity contribution in [2.75, 3.05) is 18.4 Å². The van der Waals surface area contributed by atoms with Crippen molar-refractivity contribution in [2.24, 2.45) is 5.92 Å². The molecule has 2 aliphatic heterocycles. The maximum Gasteiger partial charge on any atom is 0.244 e. The molecule has 0 radical (unpaired) electrons. The molecule has 3 atom stereocenters. The lowest BCUT2D eigenvalue weighted by Crippen LogP contribution is -2.47. The summed E-state index contributed by atoms with van der Waals surface area (Å²) in [4.78, 5) is 12.8. The Hall–Kier alpha value is -1.93. The predicted molar refractivity (Wildman–Crippen MR) is 103 cm³/mol. The van der Waals surface area contributed by atoms with Crippen LogP contribution in [0.4, 0.5) is 5.82 Å². The predicted octanol–water partition coefficient (Wildman–Crippen LogP) is 1.05. The lowest BCUT2D eigenvalue weighted by Gasteiger charge is -2.27. The number of halogens is 1. The van der Waals surface area contributed by atoms with Crippen molar-refractivity contribution in [1.82, 2.24) is 25.9 Å². The molecule has 1 aromatic carbocycles. The Balaban J connectivity index is 0.00000196. The molecule has 1 aromatic heterocycles. The summed E-state index contributed by atoms with van der Waals surface area (Å²) >= 11 is 0. The van der Waals surface area contributed by atoms with Gasteiger partial charge >= 0.3 is 0 Å². The first kappa shape index (κ1) is 18.8. The Bertz CT molecular complexity index is 749. The molecule has 0 aliphatic carbocycles. The third-order valence-electron chi connectivity index (χ3n) is 4.99. The molecule has 8 heteroatoms. The van der Waals surface area contributed by atoms with E-state index in [1.807, 2.05) is 35.9 Å². The summed E-state index contributed by atoms with van der Waals surface area (Å²) in [5, 5.41) is 11.0. The molecule has 2 saturated heterocycles. The van der Waals surface area contributed by atoms with E-state index >= 15 is 0 Å². The Kier molecular flexibility index (Phi) is 5.93. The number of rotatable bonds is 4. The first-order chi connectivity index (χ1) is 12.2. The second-order valence-electron chi connectivity index (χ2n) is 6.83. The molecule has 2 fully saturated rings. The fourth-order valence-electron chi connectivity index (χ4n) is 3.70. The van der Waals surface area contributed by atoms with Gasteiger partial charge in [0.2, 0.25) is 5.91 Å². The first-order valence-electron chi connectivity index (χ1n) is 8.82. The Morgan fingerprint density at radius 1 is 1.31 bits per heavy atom. The lowest BCUT2D eigenvalue weighted by atomic mass is 9.89. The van der Waals surface area contributed by atoms with Crippen molar-refractivity contribution in [3.05, 3.63) is 47.7 Å². The number of fused-ring (bicyclic) bond motifs is 1. The van der Waals surface area contributed by atoms with Gasteiger partial charge in [0, 0.05) is 24.6 Å². The Labute approximate surface area is 159 Å². The van der Waals surface area contributed by atoms with E-state index in [-0.39, 0.29) is 30.3 Å². The highest BCUT2D eigenvalue weighted by atomic mass is 35.5. The van der Waals surface area contributed by atoms with Crippen molar-refractivity contribution >= 4 is 24.1 Å². The molecule has 0 bridgehead atoms. The van der Waals surface area contributed by atoms with Gasteiger partial charge in [-0.2, -0.15) is 5.10 Å². The molecule has 1 amide bonds. The third-order valence-corrected chi connectivity index (χ3v) is 4.99. The maximum absolute atomic E-state index is 12.8. The highest BCUT2D eigenvalue weighted by molar-refractivity contribution is 5.94. The number of hydrogen-bond acceptors (Lipinski definition) is 5. The van der Waals surface area contributed by atoms with Gasteiger partial charge in [-0.3, -0.25) is 10.2 Å². The number of carbonyl (C=O) groups excluding carboxylic acids is 1. The van der Waals surface area contributed by atoms with E-state index in [0.717, 1.165) is 36.6 Å². The van der Waals surface area contributed by atoms with Gasteiger partial charge in [0.25, 0.3) is 0 Å². The number of piperidine rings is 1. The normalized spacial score (nSPS) is 24.6. The molecule has 26 heavy (non-hydrogen) atoms. The number of carbonyl (C=O) groups is 1. The maximum atomic E-state index is 12.8. The quantitative estimate of drug-likeness (QED) is 0.641. The van der Waals surface area contributed by atoms with Crippen LogP contribution in [0.5, 0.6) is 0 Å². The molecule has 140 valence electrons. The van der Waals surface area contributed by atoms with E-state index in [0.29, 0.717) is 12.6 Å². The van der Waals surface area contributed by atoms with Crippen LogP contribution >= 0.6 is 12.4 Å². The van der Waals surface area contributed by atoms with E-state index in [1.54, 1.807) is 0 Å². The SMILES string of the molecule is Cc1cc(NC(=O)C2NNC3CCNCC32)n(Cc2ccccc2)n1.Cl. The highest BCUT2D eigenvalue weighted by Crippen LogP contribution is 2.22. The number of hydrazine groups is 1. The van der Waals surface area contributed by atoms with E-state index in [9.17, 15) is 4.79 Å². The Morgan fingerprint density at radius 2 is 2.12 bits per heavy atom. The third kappa shape index (κ3) is 3.91. The highest BCUT2D eigenvalue weighted by Gasteiger charge is 2.41. The van der Waals surface area contributed by atoms with E-state index < -0.39 is 0 Å². The number of aryl methyl sites for hydroxylation is 1. The second-order valence-corrected chi connectivity index (χ2v) is 6.83. The van der Waals surface area contributed by atoms with Crippen LogP contribution in [0.15, 0.2) is 36.4 Å². The van der Waals surface area contributed by atoms with Gasteiger partial charge in [0.1, 0.15) is 11.9 Å². The van der Waals surface area contributed by atoms with Gasteiger partial charge in [-0.25, -0.2) is 10.1 Å². The number of nitrogens with one attached hydrogen (secondary N) is 4. The summed E-state index contributed by atoms with van der Waals surface area (Å²) in [7, 11) is 0. The smallest absolute Gasteiger partial charge is 0.244 e. The van der Waals surface area contributed by atoms with Crippen LogP contribution in [-0.2, 0) is 11.3 Å². The van der Waals surface area contributed by atoms with Gasteiger partial charge in [-0.1, -0.05) is 30.3 Å². The standard InChI is InChI=1S/C18H24N6O.ClH/c1-12-9-16(24(23-12)11-13-5-3-2-4-6-13)20-18(25)17-14-10-19-8-7-15(14)21-22-17;/h2-6,9,14-15,17,19,21-22H,7-8,10-11H2,1H3,(H,20,25);1H. The number of amides is 1. The van der Waals surface area contributed by atoms with E-state index in [1.165, 1.54) is 0 Å². The van der Waals surface area contributed by atoms with Crippen LogP contribution in [0.2, 0.25) is 0 Å². The molecule has 3 heterocycles.